The fraction of sp³-hybridized carbons (Fsp3) is 0.500. The van der Waals surface area contributed by atoms with Gasteiger partial charge in [-0.2, -0.15) is 0 Å². The minimum atomic E-state index is -3.08. The summed E-state index contributed by atoms with van der Waals surface area (Å²) in [5.41, 5.74) is 1.33. The third kappa shape index (κ3) is 2.73. The summed E-state index contributed by atoms with van der Waals surface area (Å²) in [5.74, 6) is -3.08. The van der Waals surface area contributed by atoms with Gasteiger partial charge in [0.2, 0.25) is 0 Å². The maximum Gasteiger partial charge on any atom is 0.271 e. The molecule has 0 aliphatic rings. The molecule has 1 aromatic heterocycles. The van der Waals surface area contributed by atoms with Crippen LogP contribution in [-0.4, -0.2) is 22.1 Å². The summed E-state index contributed by atoms with van der Waals surface area (Å²) in [5, 5.41) is 9.17. The first-order chi connectivity index (χ1) is 6.41. The summed E-state index contributed by atoms with van der Waals surface area (Å²) in [4.78, 5) is 3.94. The van der Waals surface area contributed by atoms with E-state index in [1.54, 1.807) is 19.1 Å². The van der Waals surface area contributed by atoms with Crippen LogP contribution in [0.1, 0.15) is 18.2 Å². The number of alkyl halides is 2. The van der Waals surface area contributed by atoms with Crippen molar-refractivity contribution in [3.8, 4) is 0 Å². The Morgan fingerprint density at radius 3 is 2.71 bits per heavy atom. The number of nitrogens with zero attached hydrogens (tertiary/aromatic N) is 1. The quantitative estimate of drug-likeness (QED) is 0.810. The molecule has 0 aromatic carbocycles. The number of hydrogen-bond donors (Lipinski definition) is 1. The molecule has 1 atom stereocenters. The summed E-state index contributed by atoms with van der Waals surface area (Å²) >= 11 is 0. The molecule has 1 rings (SSSR count). The van der Waals surface area contributed by atoms with Crippen molar-refractivity contribution in [3.63, 3.8) is 0 Å². The molecule has 0 amide bonds. The molecule has 1 aromatic rings. The minimum absolute atomic E-state index is 0.115. The molecule has 14 heavy (non-hydrogen) atoms. The summed E-state index contributed by atoms with van der Waals surface area (Å²) in [6.07, 6.45) is -0.255. The van der Waals surface area contributed by atoms with Crippen LogP contribution in [0.25, 0.3) is 0 Å². The van der Waals surface area contributed by atoms with Crippen LogP contribution in [0.4, 0.5) is 8.78 Å². The molecule has 1 N–H and O–H groups in total. The zero-order chi connectivity index (χ0) is 10.8. The third-order valence-electron chi connectivity index (χ3n) is 2.09. The Labute approximate surface area is 81.6 Å². The van der Waals surface area contributed by atoms with E-state index in [1.165, 1.54) is 6.20 Å². The highest BCUT2D eigenvalue weighted by Crippen LogP contribution is 2.20. The molecular weight excluding hydrogens is 188 g/mol. The summed E-state index contributed by atoms with van der Waals surface area (Å²) in [6.45, 7) is 2.48. The van der Waals surface area contributed by atoms with Crippen LogP contribution in [0, 0.1) is 6.92 Å². The van der Waals surface area contributed by atoms with Gasteiger partial charge in [-0.3, -0.25) is 4.98 Å². The molecule has 1 unspecified atom stereocenters. The fourth-order valence-electron chi connectivity index (χ4n) is 1.09. The van der Waals surface area contributed by atoms with Crippen LogP contribution >= 0.6 is 0 Å². The zero-order valence-electron chi connectivity index (χ0n) is 8.17. The topological polar surface area (TPSA) is 33.1 Å². The SMILES string of the molecule is Cc1cccnc1CC(O)C(C)(F)F. The largest absolute Gasteiger partial charge is 0.386 e. The van der Waals surface area contributed by atoms with E-state index < -0.39 is 12.0 Å². The van der Waals surface area contributed by atoms with Gasteiger partial charge in [0, 0.05) is 25.2 Å². The van der Waals surface area contributed by atoms with Crippen LogP contribution in [0.2, 0.25) is 0 Å². The van der Waals surface area contributed by atoms with Crippen molar-refractivity contribution < 1.29 is 13.9 Å². The summed E-state index contributed by atoms with van der Waals surface area (Å²) in [7, 11) is 0. The van der Waals surface area contributed by atoms with E-state index >= 15 is 0 Å². The van der Waals surface area contributed by atoms with Crippen LogP contribution in [0.15, 0.2) is 18.3 Å². The molecule has 0 aliphatic heterocycles. The monoisotopic (exact) mass is 201 g/mol. The van der Waals surface area contributed by atoms with Crippen LogP contribution in [0.5, 0.6) is 0 Å². The first kappa shape index (κ1) is 11.0. The number of aliphatic hydroxyl groups excluding tert-OH is 1. The first-order valence-electron chi connectivity index (χ1n) is 4.37. The number of aryl methyl sites for hydroxylation is 1. The highest BCUT2D eigenvalue weighted by atomic mass is 19.3. The van der Waals surface area contributed by atoms with E-state index in [2.05, 4.69) is 4.98 Å². The van der Waals surface area contributed by atoms with E-state index in [4.69, 9.17) is 0 Å². The molecule has 1 heterocycles. The smallest absolute Gasteiger partial charge is 0.271 e. The van der Waals surface area contributed by atoms with Gasteiger partial charge in [0.25, 0.3) is 5.92 Å². The van der Waals surface area contributed by atoms with E-state index in [-0.39, 0.29) is 6.42 Å². The summed E-state index contributed by atoms with van der Waals surface area (Å²) in [6, 6.07) is 3.51. The van der Waals surface area contributed by atoms with Crippen molar-refractivity contribution in [3.05, 3.63) is 29.6 Å². The fourth-order valence-corrected chi connectivity index (χ4v) is 1.09. The van der Waals surface area contributed by atoms with Gasteiger partial charge in [-0.15, -0.1) is 0 Å². The molecule has 78 valence electrons. The van der Waals surface area contributed by atoms with Crippen molar-refractivity contribution in [2.45, 2.75) is 32.3 Å². The standard InChI is InChI=1S/C10H13F2NO/c1-7-4-3-5-13-8(7)6-9(14)10(2,11)12/h3-5,9,14H,6H2,1-2H3. The third-order valence-corrected chi connectivity index (χ3v) is 2.09. The first-order valence-corrected chi connectivity index (χ1v) is 4.37. The van der Waals surface area contributed by atoms with E-state index in [0.29, 0.717) is 12.6 Å². The maximum absolute atomic E-state index is 12.7. The Kier molecular flexibility index (Phi) is 3.16. The van der Waals surface area contributed by atoms with Crippen LogP contribution in [0.3, 0.4) is 0 Å². The summed E-state index contributed by atoms with van der Waals surface area (Å²) < 4.78 is 25.3. The molecule has 2 nitrogen and oxygen atoms in total. The van der Waals surface area contributed by atoms with Crippen LogP contribution in [-0.2, 0) is 6.42 Å². The van der Waals surface area contributed by atoms with Gasteiger partial charge in [0.1, 0.15) is 6.10 Å². The predicted molar refractivity (Wildman–Crippen MR) is 49.3 cm³/mol. The lowest BCUT2D eigenvalue weighted by molar-refractivity contribution is -0.0925. The Morgan fingerprint density at radius 2 is 2.21 bits per heavy atom. The van der Waals surface area contributed by atoms with Crippen molar-refractivity contribution in [2.75, 3.05) is 0 Å². The lowest BCUT2D eigenvalue weighted by Gasteiger charge is -2.18. The molecule has 0 aliphatic carbocycles. The second-order valence-electron chi connectivity index (χ2n) is 3.44. The average Bonchev–Trinajstić information content (AvgIpc) is 2.07. The van der Waals surface area contributed by atoms with Gasteiger partial charge >= 0.3 is 0 Å². The van der Waals surface area contributed by atoms with Crippen LogP contribution < -0.4 is 0 Å². The van der Waals surface area contributed by atoms with Gasteiger partial charge in [0.15, 0.2) is 0 Å². The van der Waals surface area contributed by atoms with Crippen molar-refractivity contribution in [2.24, 2.45) is 0 Å². The Bertz CT molecular complexity index is 309. The lowest BCUT2D eigenvalue weighted by atomic mass is 10.1. The minimum Gasteiger partial charge on any atom is -0.386 e. The van der Waals surface area contributed by atoms with E-state index in [1.807, 2.05) is 0 Å². The molecule has 0 saturated heterocycles. The Hall–Kier alpha value is -1.03. The highest BCUT2D eigenvalue weighted by molar-refractivity contribution is 5.18. The number of pyridine rings is 1. The van der Waals surface area contributed by atoms with E-state index in [0.717, 1.165) is 5.56 Å². The van der Waals surface area contributed by atoms with E-state index in [9.17, 15) is 13.9 Å². The van der Waals surface area contributed by atoms with Gasteiger partial charge in [0.05, 0.1) is 0 Å². The second-order valence-corrected chi connectivity index (χ2v) is 3.44. The van der Waals surface area contributed by atoms with Gasteiger partial charge in [-0.05, 0) is 18.6 Å². The average molecular weight is 201 g/mol. The predicted octanol–water partition coefficient (Wildman–Crippen LogP) is 1.95. The van der Waals surface area contributed by atoms with Gasteiger partial charge in [-0.25, -0.2) is 8.78 Å². The molecule has 0 spiro atoms. The Balaban J connectivity index is 2.75. The van der Waals surface area contributed by atoms with Crippen molar-refractivity contribution >= 4 is 0 Å². The number of hydrogen-bond acceptors (Lipinski definition) is 2. The number of aromatic nitrogens is 1. The lowest BCUT2D eigenvalue weighted by Crippen LogP contribution is -2.32. The molecule has 0 fully saturated rings. The number of halogens is 2. The Morgan fingerprint density at radius 1 is 1.57 bits per heavy atom. The second kappa shape index (κ2) is 4.00. The van der Waals surface area contributed by atoms with Gasteiger partial charge < -0.3 is 5.11 Å². The molecule has 4 heteroatoms. The normalized spacial score (nSPS) is 14.1. The molecule has 0 bridgehead atoms. The van der Waals surface area contributed by atoms with Crippen molar-refractivity contribution in [1.29, 1.82) is 0 Å². The number of aliphatic hydroxyl groups is 1. The van der Waals surface area contributed by atoms with Crippen molar-refractivity contribution in [1.82, 2.24) is 4.98 Å². The zero-order valence-corrected chi connectivity index (χ0v) is 8.17. The number of rotatable bonds is 3. The molecule has 0 saturated carbocycles. The molecular formula is C10H13F2NO. The molecule has 0 radical (unpaired) electrons. The van der Waals surface area contributed by atoms with Gasteiger partial charge in [-0.1, -0.05) is 6.07 Å². The highest BCUT2D eigenvalue weighted by Gasteiger charge is 2.32. The maximum atomic E-state index is 12.7.